The summed E-state index contributed by atoms with van der Waals surface area (Å²) in [5.74, 6) is -0.714. The highest BCUT2D eigenvalue weighted by molar-refractivity contribution is 5.89. The zero-order valence-electron chi connectivity index (χ0n) is 14.5. The molecule has 0 spiro atoms. The molecule has 0 aliphatic carbocycles. The van der Waals surface area contributed by atoms with E-state index in [0.29, 0.717) is 18.5 Å². The van der Waals surface area contributed by atoms with Gasteiger partial charge < -0.3 is 14.4 Å². The van der Waals surface area contributed by atoms with Crippen LogP contribution in [0, 0.1) is 0 Å². The van der Waals surface area contributed by atoms with Crippen molar-refractivity contribution in [2.24, 2.45) is 0 Å². The molecule has 1 aliphatic heterocycles. The maximum Gasteiger partial charge on any atom is 0.410 e. The third-order valence-corrected chi connectivity index (χ3v) is 3.95. The minimum atomic E-state index is -1.17. The molecule has 1 unspecified atom stereocenters. The van der Waals surface area contributed by atoms with Crippen molar-refractivity contribution < 1.29 is 23.5 Å². The lowest BCUT2D eigenvalue weighted by molar-refractivity contribution is 0.0111. The first kappa shape index (κ1) is 18.2. The van der Waals surface area contributed by atoms with Crippen molar-refractivity contribution in [3.05, 3.63) is 35.4 Å². The maximum atomic E-state index is 14.6. The molecule has 1 amide bonds. The van der Waals surface area contributed by atoms with E-state index < -0.39 is 23.8 Å². The number of benzene rings is 1. The number of nitrogens with zero attached hydrogens (tertiary/aromatic N) is 1. The molecule has 1 heterocycles. The topological polar surface area (TPSA) is 55.8 Å². The zero-order chi connectivity index (χ0) is 17.9. The Bertz CT molecular complexity index is 594. The fourth-order valence-electron chi connectivity index (χ4n) is 2.76. The number of carbonyl (C=O) groups excluding carboxylic acids is 2. The number of likely N-dealkylation sites (tertiary alicyclic amines) is 1. The summed E-state index contributed by atoms with van der Waals surface area (Å²) >= 11 is 0. The van der Waals surface area contributed by atoms with E-state index in [1.54, 1.807) is 45.0 Å². The number of piperidine rings is 1. The Hall–Kier alpha value is -2.11. The molecule has 5 nitrogen and oxygen atoms in total. The molecule has 2 rings (SSSR count). The van der Waals surface area contributed by atoms with Crippen LogP contribution in [0.15, 0.2) is 24.3 Å². The Labute approximate surface area is 141 Å². The summed E-state index contributed by atoms with van der Waals surface area (Å²) < 4.78 is 24.5. The fourth-order valence-corrected chi connectivity index (χ4v) is 2.76. The number of amides is 1. The number of rotatable bonds is 2. The second-order valence-electron chi connectivity index (χ2n) is 6.95. The van der Waals surface area contributed by atoms with Crippen LogP contribution in [0.25, 0.3) is 0 Å². The van der Waals surface area contributed by atoms with E-state index in [2.05, 4.69) is 4.74 Å². The van der Waals surface area contributed by atoms with Gasteiger partial charge in [0.1, 0.15) is 11.8 Å². The molecule has 0 radical (unpaired) electrons. The summed E-state index contributed by atoms with van der Waals surface area (Å²) in [5, 5.41) is 0. The van der Waals surface area contributed by atoms with Gasteiger partial charge in [0.15, 0.2) is 0 Å². The van der Waals surface area contributed by atoms with E-state index in [9.17, 15) is 14.0 Å². The highest BCUT2D eigenvalue weighted by Gasteiger charge is 2.34. The van der Waals surface area contributed by atoms with Gasteiger partial charge in [0, 0.05) is 12.5 Å². The lowest BCUT2D eigenvalue weighted by Gasteiger charge is -2.35. The van der Waals surface area contributed by atoms with Gasteiger partial charge in [-0.15, -0.1) is 0 Å². The molecule has 0 saturated carbocycles. The third-order valence-electron chi connectivity index (χ3n) is 3.95. The monoisotopic (exact) mass is 337 g/mol. The average Bonchev–Trinajstić information content (AvgIpc) is 2.52. The van der Waals surface area contributed by atoms with Crippen LogP contribution >= 0.6 is 0 Å². The minimum Gasteiger partial charge on any atom is -0.465 e. The number of ether oxygens (including phenoxy) is 2. The van der Waals surface area contributed by atoms with Crippen LogP contribution in [-0.2, 0) is 9.47 Å². The SMILES string of the molecule is COC(=O)c1ccc([C@H]2CCN(C(=O)OC(C)(C)C)CC2F)cc1. The molecule has 1 saturated heterocycles. The Morgan fingerprint density at radius 2 is 1.83 bits per heavy atom. The van der Waals surface area contributed by atoms with Crippen molar-refractivity contribution in [1.82, 2.24) is 4.90 Å². The van der Waals surface area contributed by atoms with E-state index in [1.165, 1.54) is 12.0 Å². The molecule has 0 bridgehead atoms. The molecule has 1 aliphatic rings. The van der Waals surface area contributed by atoms with E-state index >= 15 is 0 Å². The molecule has 1 fully saturated rings. The largest absolute Gasteiger partial charge is 0.465 e. The van der Waals surface area contributed by atoms with Crippen molar-refractivity contribution in [2.45, 2.75) is 44.9 Å². The van der Waals surface area contributed by atoms with Crippen molar-refractivity contribution in [2.75, 3.05) is 20.2 Å². The Morgan fingerprint density at radius 3 is 2.33 bits per heavy atom. The first-order chi connectivity index (χ1) is 11.2. The number of esters is 1. The minimum absolute atomic E-state index is 0.0122. The molecule has 0 aromatic heterocycles. The molecule has 2 atom stereocenters. The van der Waals surface area contributed by atoms with E-state index in [1.807, 2.05) is 0 Å². The van der Waals surface area contributed by atoms with Gasteiger partial charge in [0.25, 0.3) is 0 Å². The van der Waals surface area contributed by atoms with Crippen molar-refractivity contribution >= 4 is 12.1 Å². The first-order valence-corrected chi connectivity index (χ1v) is 8.01. The molecular formula is C18H24FNO4. The molecular weight excluding hydrogens is 313 g/mol. The third kappa shape index (κ3) is 4.46. The number of methoxy groups -OCH3 is 1. The first-order valence-electron chi connectivity index (χ1n) is 8.01. The smallest absolute Gasteiger partial charge is 0.410 e. The number of carbonyl (C=O) groups is 2. The van der Waals surface area contributed by atoms with Gasteiger partial charge in [-0.25, -0.2) is 14.0 Å². The molecule has 1 aromatic carbocycles. The Kier molecular flexibility index (Phi) is 5.47. The number of hydrogen-bond acceptors (Lipinski definition) is 4. The fraction of sp³-hybridized carbons (Fsp3) is 0.556. The van der Waals surface area contributed by atoms with Gasteiger partial charge in [-0.1, -0.05) is 12.1 Å². The predicted molar refractivity (Wildman–Crippen MR) is 87.8 cm³/mol. The second kappa shape index (κ2) is 7.20. The predicted octanol–water partition coefficient (Wildman–Crippen LogP) is 3.54. The summed E-state index contributed by atoms with van der Waals surface area (Å²) in [6.07, 6.45) is -1.14. The number of hydrogen-bond donors (Lipinski definition) is 0. The molecule has 1 aromatic rings. The normalized spacial score (nSPS) is 21.3. The average molecular weight is 337 g/mol. The van der Waals surface area contributed by atoms with Crippen LogP contribution in [0.1, 0.15) is 49.0 Å². The number of halogens is 1. The summed E-state index contributed by atoms with van der Waals surface area (Å²) in [5.41, 5.74) is 0.658. The highest BCUT2D eigenvalue weighted by atomic mass is 19.1. The van der Waals surface area contributed by atoms with Crippen LogP contribution in [0.5, 0.6) is 0 Å². The summed E-state index contributed by atoms with van der Waals surface area (Å²) in [4.78, 5) is 24.9. The Morgan fingerprint density at radius 1 is 1.21 bits per heavy atom. The van der Waals surface area contributed by atoms with Crippen molar-refractivity contribution in [3.63, 3.8) is 0 Å². The quantitative estimate of drug-likeness (QED) is 0.775. The summed E-state index contributed by atoms with van der Waals surface area (Å²) in [6.45, 7) is 5.81. The van der Waals surface area contributed by atoms with Crippen LogP contribution < -0.4 is 0 Å². The standard InChI is InChI=1S/C18H24FNO4/c1-18(2,3)24-17(22)20-10-9-14(15(19)11-20)12-5-7-13(8-6-12)16(21)23-4/h5-8,14-15H,9-11H2,1-4H3/t14-,15?/m1/s1. The number of alkyl halides is 1. The summed E-state index contributed by atoms with van der Waals surface area (Å²) in [7, 11) is 1.32. The van der Waals surface area contributed by atoms with Crippen LogP contribution in [0.3, 0.4) is 0 Å². The lowest BCUT2D eigenvalue weighted by Crippen LogP contribution is -2.46. The van der Waals surface area contributed by atoms with Gasteiger partial charge in [-0.2, -0.15) is 0 Å². The highest BCUT2D eigenvalue weighted by Crippen LogP contribution is 2.31. The molecule has 0 N–H and O–H groups in total. The summed E-state index contributed by atoms with van der Waals surface area (Å²) in [6, 6.07) is 6.75. The zero-order valence-corrected chi connectivity index (χ0v) is 14.5. The molecule has 132 valence electrons. The molecule has 24 heavy (non-hydrogen) atoms. The van der Waals surface area contributed by atoms with E-state index in [0.717, 1.165) is 5.56 Å². The Balaban J connectivity index is 2.01. The van der Waals surface area contributed by atoms with Crippen molar-refractivity contribution in [3.8, 4) is 0 Å². The second-order valence-corrected chi connectivity index (χ2v) is 6.95. The van der Waals surface area contributed by atoms with Gasteiger partial charge in [0.05, 0.1) is 19.2 Å². The van der Waals surface area contributed by atoms with Crippen LogP contribution in [0.2, 0.25) is 0 Å². The van der Waals surface area contributed by atoms with Crippen molar-refractivity contribution in [1.29, 1.82) is 0 Å². The van der Waals surface area contributed by atoms with Crippen LogP contribution in [-0.4, -0.2) is 48.9 Å². The van der Waals surface area contributed by atoms with E-state index in [4.69, 9.17) is 4.74 Å². The van der Waals surface area contributed by atoms with Gasteiger partial charge in [-0.05, 0) is 44.9 Å². The molecule has 6 heteroatoms. The van der Waals surface area contributed by atoms with Crippen LogP contribution in [0.4, 0.5) is 9.18 Å². The van der Waals surface area contributed by atoms with E-state index in [-0.39, 0.29) is 12.5 Å². The van der Waals surface area contributed by atoms with Gasteiger partial charge >= 0.3 is 12.1 Å². The maximum absolute atomic E-state index is 14.6. The van der Waals surface area contributed by atoms with Gasteiger partial charge in [0.2, 0.25) is 0 Å². The van der Waals surface area contributed by atoms with Gasteiger partial charge in [-0.3, -0.25) is 0 Å². The lowest BCUT2D eigenvalue weighted by atomic mass is 9.87.